The van der Waals surface area contributed by atoms with Crippen LogP contribution in [-0.4, -0.2) is 53.4 Å². The Bertz CT molecular complexity index is 1230. The van der Waals surface area contributed by atoms with E-state index in [0.29, 0.717) is 43.9 Å². The Morgan fingerprint density at radius 1 is 1.08 bits per heavy atom. The van der Waals surface area contributed by atoms with Gasteiger partial charge >= 0.3 is 5.97 Å². The normalized spacial score (nSPS) is 17.6. The van der Waals surface area contributed by atoms with Gasteiger partial charge in [-0.1, -0.05) is 0 Å². The molecule has 36 heavy (non-hydrogen) atoms. The lowest BCUT2D eigenvalue weighted by atomic mass is 9.92. The molecular weight excluding hydrogens is 468 g/mol. The SMILES string of the molecule is CCOC(=O)C1CCN(c2nc3c(c(=O)[nH]2)C(C(=O)Nc2ccc(NC(C)=O)cc2)CC(=O)N3)CC1. The van der Waals surface area contributed by atoms with E-state index in [2.05, 4.69) is 25.9 Å². The third-order valence-electron chi connectivity index (χ3n) is 6.14. The van der Waals surface area contributed by atoms with Gasteiger partial charge in [0.25, 0.3) is 5.56 Å². The summed E-state index contributed by atoms with van der Waals surface area (Å²) in [5.74, 6) is -2.28. The number of rotatable bonds is 6. The number of H-pyrrole nitrogens is 1. The van der Waals surface area contributed by atoms with E-state index >= 15 is 0 Å². The van der Waals surface area contributed by atoms with E-state index in [1.165, 1.54) is 6.92 Å². The third kappa shape index (κ3) is 5.53. The zero-order valence-corrected chi connectivity index (χ0v) is 20.1. The molecule has 12 heteroatoms. The highest BCUT2D eigenvalue weighted by Gasteiger charge is 2.36. The number of carbonyl (C=O) groups is 4. The van der Waals surface area contributed by atoms with E-state index in [4.69, 9.17) is 4.74 Å². The van der Waals surface area contributed by atoms with Gasteiger partial charge < -0.3 is 25.6 Å². The van der Waals surface area contributed by atoms with E-state index in [1.54, 1.807) is 31.2 Å². The van der Waals surface area contributed by atoms with Gasteiger partial charge in [-0.15, -0.1) is 0 Å². The summed E-state index contributed by atoms with van der Waals surface area (Å²) in [6.07, 6.45) is 0.910. The van der Waals surface area contributed by atoms with Gasteiger partial charge in [-0.05, 0) is 44.0 Å². The number of nitrogens with one attached hydrogen (secondary N) is 4. The molecule has 0 saturated carbocycles. The van der Waals surface area contributed by atoms with E-state index in [9.17, 15) is 24.0 Å². The fraction of sp³-hybridized carbons (Fsp3) is 0.417. The molecule has 12 nitrogen and oxygen atoms in total. The van der Waals surface area contributed by atoms with Crippen molar-refractivity contribution in [2.24, 2.45) is 5.92 Å². The minimum atomic E-state index is -1.02. The number of esters is 1. The van der Waals surface area contributed by atoms with Crippen LogP contribution in [-0.2, 0) is 23.9 Å². The average molecular weight is 497 g/mol. The predicted molar refractivity (Wildman–Crippen MR) is 132 cm³/mol. The van der Waals surface area contributed by atoms with Crippen LogP contribution in [0.25, 0.3) is 0 Å². The van der Waals surface area contributed by atoms with Crippen molar-refractivity contribution in [3.8, 4) is 0 Å². The molecule has 0 spiro atoms. The van der Waals surface area contributed by atoms with Gasteiger partial charge in [0.15, 0.2) is 0 Å². The lowest BCUT2D eigenvalue weighted by Crippen LogP contribution is -2.41. The Morgan fingerprint density at radius 3 is 2.33 bits per heavy atom. The van der Waals surface area contributed by atoms with Crippen molar-refractivity contribution in [1.82, 2.24) is 9.97 Å². The van der Waals surface area contributed by atoms with Gasteiger partial charge in [0.1, 0.15) is 5.82 Å². The standard InChI is InChI=1S/C24H28N6O6/c1-3-36-23(35)14-8-10-30(11-9-14)24-28-20-19(22(34)29-24)17(12-18(32)27-20)21(33)26-16-6-4-15(5-7-16)25-13(2)31/h4-7,14,17H,3,8-12H2,1-2H3,(H,25,31)(H,26,33)(H2,27,28,29,32,34). The van der Waals surface area contributed by atoms with Crippen LogP contribution >= 0.6 is 0 Å². The molecule has 1 unspecified atom stereocenters. The third-order valence-corrected chi connectivity index (χ3v) is 6.14. The number of aromatic nitrogens is 2. The first-order chi connectivity index (χ1) is 17.2. The van der Waals surface area contributed by atoms with Crippen molar-refractivity contribution in [3.05, 3.63) is 40.2 Å². The maximum atomic E-state index is 13.0. The number of benzene rings is 1. The van der Waals surface area contributed by atoms with Crippen LogP contribution in [0.1, 0.15) is 44.6 Å². The van der Waals surface area contributed by atoms with Crippen LogP contribution in [0.15, 0.2) is 29.1 Å². The second-order valence-corrected chi connectivity index (χ2v) is 8.72. The largest absolute Gasteiger partial charge is 0.466 e. The van der Waals surface area contributed by atoms with E-state index < -0.39 is 23.3 Å². The minimum absolute atomic E-state index is 0.0543. The number of aromatic amines is 1. The van der Waals surface area contributed by atoms with Crippen LogP contribution in [0.2, 0.25) is 0 Å². The summed E-state index contributed by atoms with van der Waals surface area (Å²) in [7, 11) is 0. The van der Waals surface area contributed by atoms with Crippen LogP contribution in [0.5, 0.6) is 0 Å². The van der Waals surface area contributed by atoms with E-state index in [1.807, 2.05) is 4.90 Å². The molecule has 2 aromatic rings. The van der Waals surface area contributed by atoms with Crippen LogP contribution < -0.4 is 26.4 Å². The smallest absolute Gasteiger partial charge is 0.309 e. The molecule has 0 aliphatic carbocycles. The van der Waals surface area contributed by atoms with Crippen molar-refractivity contribution in [2.75, 3.05) is 40.5 Å². The summed E-state index contributed by atoms with van der Waals surface area (Å²) in [6.45, 7) is 4.45. The summed E-state index contributed by atoms with van der Waals surface area (Å²) in [5, 5.41) is 7.96. The van der Waals surface area contributed by atoms with Crippen LogP contribution in [0.4, 0.5) is 23.1 Å². The van der Waals surface area contributed by atoms with E-state index in [0.717, 1.165) is 0 Å². The maximum absolute atomic E-state index is 13.0. The highest BCUT2D eigenvalue weighted by atomic mass is 16.5. The fourth-order valence-electron chi connectivity index (χ4n) is 4.39. The summed E-state index contributed by atoms with van der Waals surface area (Å²) < 4.78 is 5.09. The van der Waals surface area contributed by atoms with Crippen LogP contribution in [0.3, 0.4) is 0 Å². The number of anilines is 4. The molecule has 3 amide bonds. The summed E-state index contributed by atoms with van der Waals surface area (Å²) in [5.41, 5.74) is 0.602. The highest BCUT2D eigenvalue weighted by Crippen LogP contribution is 2.31. The van der Waals surface area contributed by atoms with Gasteiger partial charge in [0, 0.05) is 37.8 Å². The topological polar surface area (TPSA) is 163 Å². The number of nitrogens with zero attached hydrogens (tertiary/aromatic N) is 2. The zero-order chi connectivity index (χ0) is 25.8. The van der Waals surface area contributed by atoms with Gasteiger partial charge in [-0.2, -0.15) is 4.98 Å². The Labute approximate surface area is 206 Å². The molecular formula is C24H28N6O6. The molecule has 2 aliphatic heterocycles. The first-order valence-electron chi connectivity index (χ1n) is 11.8. The van der Waals surface area contributed by atoms with Gasteiger partial charge in [0.05, 0.1) is 24.0 Å². The number of hydrogen-bond donors (Lipinski definition) is 4. The summed E-state index contributed by atoms with van der Waals surface area (Å²) in [4.78, 5) is 70.6. The van der Waals surface area contributed by atoms with Crippen molar-refractivity contribution in [2.45, 2.75) is 39.0 Å². The Kier molecular flexibility index (Phi) is 7.32. The fourth-order valence-corrected chi connectivity index (χ4v) is 4.39. The number of fused-ring (bicyclic) bond motifs is 1. The highest BCUT2D eigenvalue weighted by molar-refractivity contribution is 6.04. The summed E-state index contributed by atoms with van der Waals surface area (Å²) in [6, 6.07) is 6.48. The molecule has 0 radical (unpaired) electrons. The molecule has 190 valence electrons. The number of piperidine rings is 1. The number of carbonyl (C=O) groups excluding carboxylic acids is 4. The summed E-state index contributed by atoms with van der Waals surface area (Å²) >= 11 is 0. The number of amides is 3. The lowest BCUT2D eigenvalue weighted by Gasteiger charge is -2.32. The van der Waals surface area contributed by atoms with Crippen molar-refractivity contribution >= 4 is 46.8 Å². The Morgan fingerprint density at radius 2 is 1.72 bits per heavy atom. The lowest BCUT2D eigenvalue weighted by molar-refractivity contribution is -0.148. The quantitative estimate of drug-likeness (QED) is 0.438. The molecule has 1 fully saturated rings. The first kappa shape index (κ1) is 24.9. The molecule has 2 aliphatic rings. The molecule has 1 saturated heterocycles. The van der Waals surface area contributed by atoms with Crippen molar-refractivity contribution in [3.63, 3.8) is 0 Å². The number of hydrogen-bond acceptors (Lipinski definition) is 8. The van der Waals surface area contributed by atoms with Crippen molar-refractivity contribution < 1.29 is 23.9 Å². The molecule has 4 rings (SSSR count). The molecule has 3 heterocycles. The maximum Gasteiger partial charge on any atom is 0.309 e. The molecule has 0 bridgehead atoms. The molecule has 1 aromatic carbocycles. The second kappa shape index (κ2) is 10.6. The molecule has 4 N–H and O–H groups in total. The van der Waals surface area contributed by atoms with Crippen molar-refractivity contribution in [1.29, 1.82) is 0 Å². The molecule has 1 atom stereocenters. The monoisotopic (exact) mass is 496 g/mol. The van der Waals surface area contributed by atoms with E-state index in [-0.39, 0.29) is 41.5 Å². The van der Waals surface area contributed by atoms with Crippen LogP contribution in [0, 0.1) is 5.92 Å². The second-order valence-electron chi connectivity index (χ2n) is 8.72. The molecule has 1 aromatic heterocycles. The predicted octanol–water partition coefficient (Wildman–Crippen LogP) is 1.57. The minimum Gasteiger partial charge on any atom is -0.466 e. The van der Waals surface area contributed by atoms with Gasteiger partial charge in [-0.25, -0.2) is 0 Å². The Balaban J connectivity index is 1.50. The van der Waals surface area contributed by atoms with Gasteiger partial charge in [0.2, 0.25) is 23.7 Å². The van der Waals surface area contributed by atoms with Gasteiger partial charge in [-0.3, -0.25) is 29.0 Å². The number of ether oxygens (including phenoxy) is 1. The first-order valence-corrected chi connectivity index (χ1v) is 11.8. The zero-order valence-electron chi connectivity index (χ0n) is 20.1. The average Bonchev–Trinajstić information content (AvgIpc) is 2.84. The Hall–Kier alpha value is -4.22.